The van der Waals surface area contributed by atoms with E-state index in [-0.39, 0.29) is 0 Å². The van der Waals surface area contributed by atoms with Crippen LogP contribution in [0.4, 0.5) is 5.69 Å². The minimum atomic E-state index is -1.33. The van der Waals surface area contributed by atoms with Gasteiger partial charge in [0.1, 0.15) is 10.2 Å². The van der Waals surface area contributed by atoms with E-state index in [0.717, 1.165) is 6.42 Å². The van der Waals surface area contributed by atoms with Gasteiger partial charge in [0.25, 0.3) is 5.91 Å². The van der Waals surface area contributed by atoms with E-state index in [2.05, 4.69) is 26.2 Å². The number of carbonyl (C=O) groups excluding carboxylic acids is 1. The highest BCUT2D eigenvalue weighted by atomic mass is 79.9. The molecule has 88 valence electrons. The minimum absolute atomic E-state index is 0.396. The van der Waals surface area contributed by atoms with Gasteiger partial charge in [0.2, 0.25) is 0 Å². The van der Waals surface area contributed by atoms with Crippen LogP contribution in [0.3, 0.4) is 0 Å². The van der Waals surface area contributed by atoms with Crippen LogP contribution in [-0.4, -0.2) is 21.6 Å². The largest absolute Gasteiger partial charge is 0.380 e. The van der Waals surface area contributed by atoms with E-state index < -0.39 is 11.5 Å². The normalized spacial score (nSPS) is 14.2. The lowest BCUT2D eigenvalue weighted by Crippen LogP contribution is -2.39. The number of halogens is 1. The molecule has 1 heterocycles. The number of aromatic nitrogens is 1. The summed E-state index contributed by atoms with van der Waals surface area (Å²) in [6, 6.07) is 3.35. The van der Waals surface area contributed by atoms with Crippen molar-refractivity contribution in [3.63, 3.8) is 0 Å². The van der Waals surface area contributed by atoms with Crippen molar-refractivity contribution in [1.29, 1.82) is 0 Å². The highest BCUT2D eigenvalue weighted by Gasteiger charge is 2.28. The Morgan fingerprint density at radius 1 is 1.69 bits per heavy atom. The van der Waals surface area contributed by atoms with Crippen molar-refractivity contribution < 1.29 is 9.90 Å². The van der Waals surface area contributed by atoms with Crippen LogP contribution in [0, 0.1) is 0 Å². The van der Waals surface area contributed by atoms with Gasteiger partial charge in [0, 0.05) is 11.9 Å². The molecule has 1 aromatic heterocycles. The molecule has 0 saturated carbocycles. The van der Waals surface area contributed by atoms with Gasteiger partial charge < -0.3 is 10.4 Å². The fourth-order valence-corrected chi connectivity index (χ4v) is 1.71. The molecule has 16 heavy (non-hydrogen) atoms. The Bertz CT molecular complexity index is 380. The second-order valence-electron chi connectivity index (χ2n) is 3.85. The fraction of sp³-hybridized carbons (Fsp3) is 0.455. The number of rotatable bonds is 4. The van der Waals surface area contributed by atoms with Crippen molar-refractivity contribution in [1.82, 2.24) is 4.98 Å². The molecule has 0 aromatic carbocycles. The molecule has 0 radical (unpaired) electrons. The number of aliphatic hydroxyl groups is 1. The van der Waals surface area contributed by atoms with E-state index in [4.69, 9.17) is 0 Å². The summed E-state index contributed by atoms with van der Waals surface area (Å²) in [5, 5.41) is 12.5. The predicted molar refractivity (Wildman–Crippen MR) is 66.1 cm³/mol. The molecule has 1 amide bonds. The standard InChI is InChI=1S/C11H15BrN2O2/c1-3-5-11(2,16)10(15)14-8-4-6-13-9(12)7-8/h4,6-7,16H,3,5H2,1-2H3,(H,13,14,15)/t11-/m0/s1. The second kappa shape index (κ2) is 5.41. The topological polar surface area (TPSA) is 62.2 Å². The van der Waals surface area contributed by atoms with Crippen LogP contribution >= 0.6 is 15.9 Å². The van der Waals surface area contributed by atoms with Crippen molar-refractivity contribution >= 4 is 27.5 Å². The third-order valence-corrected chi connectivity index (χ3v) is 2.64. The predicted octanol–water partition coefficient (Wildman–Crippen LogP) is 2.33. The van der Waals surface area contributed by atoms with Crippen LogP contribution in [-0.2, 0) is 4.79 Å². The average molecular weight is 287 g/mol. The molecule has 0 unspecified atom stereocenters. The quantitative estimate of drug-likeness (QED) is 0.835. The first kappa shape index (κ1) is 13.1. The van der Waals surface area contributed by atoms with Gasteiger partial charge in [-0.15, -0.1) is 0 Å². The first-order chi connectivity index (χ1) is 7.45. The van der Waals surface area contributed by atoms with E-state index in [1.165, 1.54) is 6.92 Å². The van der Waals surface area contributed by atoms with Gasteiger partial charge >= 0.3 is 0 Å². The zero-order valence-corrected chi connectivity index (χ0v) is 10.9. The Labute approximate surface area is 103 Å². The molecule has 0 aliphatic carbocycles. The summed E-state index contributed by atoms with van der Waals surface area (Å²) in [7, 11) is 0. The highest BCUT2D eigenvalue weighted by molar-refractivity contribution is 9.10. The third-order valence-electron chi connectivity index (χ3n) is 2.21. The lowest BCUT2D eigenvalue weighted by Gasteiger charge is -2.21. The summed E-state index contributed by atoms with van der Waals surface area (Å²) < 4.78 is 0.639. The Hall–Kier alpha value is -0.940. The Kier molecular flexibility index (Phi) is 4.44. The van der Waals surface area contributed by atoms with Crippen molar-refractivity contribution in [2.24, 2.45) is 0 Å². The summed E-state index contributed by atoms with van der Waals surface area (Å²) in [6.07, 6.45) is 2.76. The smallest absolute Gasteiger partial charge is 0.256 e. The van der Waals surface area contributed by atoms with Crippen LogP contribution in [0.2, 0.25) is 0 Å². The highest BCUT2D eigenvalue weighted by Crippen LogP contribution is 2.17. The molecule has 0 spiro atoms. The maximum Gasteiger partial charge on any atom is 0.256 e. The zero-order valence-electron chi connectivity index (χ0n) is 9.33. The molecular formula is C11H15BrN2O2. The minimum Gasteiger partial charge on any atom is -0.380 e. The molecule has 0 saturated heterocycles. The molecule has 4 nitrogen and oxygen atoms in total. The fourth-order valence-electron chi connectivity index (χ4n) is 1.35. The van der Waals surface area contributed by atoms with Crippen LogP contribution in [0.5, 0.6) is 0 Å². The molecule has 1 rings (SSSR count). The van der Waals surface area contributed by atoms with E-state index in [0.29, 0.717) is 16.7 Å². The van der Waals surface area contributed by atoms with Gasteiger partial charge in [-0.1, -0.05) is 13.3 Å². The first-order valence-electron chi connectivity index (χ1n) is 5.11. The molecule has 0 fully saturated rings. The Balaban J connectivity index is 2.71. The van der Waals surface area contributed by atoms with Gasteiger partial charge in [-0.25, -0.2) is 4.98 Å². The summed E-state index contributed by atoms with van der Waals surface area (Å²) in [5.74, 6) is -0.396. The van der Waals surface area contributed by atoms with E-state index in [1.807, 2.05) is 6.92 Å². The van der Waals surface area contributed by atoms with Crippen molar-refractivity contribution in [2.75, 3.05) is 5.32 Å². The van der Waals surface area contributed by atoms with E-state index in [9.17, 15) is 9.90 Å². The SMILES string of the molecule is CCC[C@](C)(O)C(=O)Nc1ccnc(Br)c1. The maximum absolute atomic E-state index is 11.7. The van der Waals surface area contributed by atoms with E-state index in [1.54, 1.807) is 18.3 Å². The molecule has 0 aliphatic rings. The van der Waals surface area contributed by atoms with Crippen molar-refractivity contribution in [2.45, 2.75) is 32.3 Å². The first-order valence-corrected chi connectivity index (χ1v) is 5.90. The maximum atomic E-state index is 11.7. The van der Waals surface area contributed by atoms with Gasteiger partial charge in [-0.05, 0) is 41.4 Å². The van der Waals surface area contributed by atoms with Crippen LogP contribution in [0.15, 0.2) is 22.9 Å². The summed E-state index contributed by atoms with van der Waals surface area (Å²) >= 11 is 3.21. The van der Waals surface area contributed by atoms with Crippen LogP contribution in [0.25, 0.3) is 0 Å². The summed E-state index contributed by atoms with van der Waals surface area (Å²) in [6.45, 7) is 3.44. The monoisotopic (exact) mass is 286 g/mol. The summed E-state index contributed by atoms with van der Waals surface area (Å²) in [5.41, 5.74) is -0.715. The van der Waals surface area contributed by atoms with Gasteiger partial charge in [0.05, 0.1) is 0 Å². The number of nitrogens with one attached hydrogen (secondary N) is 1. The number of hydrogen-bond acceptors (Lipinski definition) is 3. The molecule has 5 heteroatoms. The number of anilines is 1. The molecule has 0 bridgehead atoms. The molecule has 0 aliphatic heterocycles. The average Bonchev–Trinajstić information content (AvgIpc) is 2.17. The number of amides is 1. The second-order valence-corrected chi connectivity index (χ2v) is 4.66. The third kappa shape index (κ3) is 3.57. The lowest BCUT2D eigenvalue weighted by atomic mass is 10.00. The number of hydrogen-bond donors (Lipinski definition) is 2. The molecule has 1 aromatic rings. The molecule has 2 N–H and O–H groups in total. The Morgan fingerprint density at radius 3 is 2.94 bits per heavy atom. The zero-order chi connectivity index (χ0) is 12.2. The molecule has 1 atom stereocenters. The van der Waals surface area contributed by atoms with Crippen LogP contribution < -0.4 is 5.32 Å². The Morgan fingerprint density at radius 2 is 2.38 bits per heavy atom. The molecular weight excluding hydrogens is 272 g/mol. The van der Waals surface area contributed by atoms with Crippen molar-refractivity contribution in [3.8, 4) is 0 Å². The van der Waals surface area contributed by atoms with Crippen LogP contribution in [0.1, 0.15) is 26.7 Å². The summed E-state index contributed by atoms with van der Waals surface area (Å²) in [4.78, 5) is 15.7. The van der Waals surface area contributed by atoms with Crippen molar-refractivity contribution in [3.05, 3.63) is 22.9 Å². The number of carbonyl (C=O) groups is 1. The van der Waals surface area contributed by atoms with E-state index >= 15 is 0 Å². The number of pyridine rings is 1. The van der Waals surface area contributed by atoms with Gasteiger partial charge in [0.15, 0.2) is 0 Å². The lowest BCUT2D eigenvalue weighted by molar-refractivity contribution is -0.133. The van der Waals surface area contributed by atoms with Gasteiger partial charge in [-0.3, -0.25) is 4.79 Å². The number of nitrogens with zero attached hydrogens (tertiary/aromatic N) is 1. The van der Waals surface area contributed by atoms with Gasteiger partial charge in [-0.2, -0.15) is 0 Å².